The van der Waals surface area contributed by atoms with E-state index in [9.17, 15) is 14.4 Å². The van der Waals surface area contributed by atoms with Gasteiger partial charge in [-0.25, -0.2) is 4.79 Å². The van der Waals surface area contributed by atoms with Crippen LogP contribution >= 0.6 is 31.9 Å². The number of benzene rings is 1. The van der Waals surface area contributed by atoms with Crippen LogP contribution in [0.3, 0.4) is 0 Å². The fourth-order valence-electron chi connectivity index (χ4n) is 4.04. The Morgan fingerprint density at radius 2 is 2.00 bits per heavy atom. The number of Topliss-reactive ketones (excluding diaryl/α,β-unsaturated/α-hetero) is 1. The maximum atomic E-state index is 13.1. The van der Waals surface area contributed by atoms with Crippen LogP contribution in [0.2, 0.25) is 0 Å². The third kappa shape index (κ3) is 5.87. The number of ketones is 1. The van der Waals surface area contributed by atoms with Gasteiger partial charge in [-0.1, -0.05) is 37.9 Å². The number of carbonyl (C=O) groups excluding carboxylic acids is 3. The molecular formula is C25H26Br2N4O4. The van der Waals surface area contributed by atoms with Crippen LogP contribution in [-0.4, -0.2) is 41.0 Å². The second kappa shape index (κ2) is 10.0. The first kappa shape index (κ1) is 25.2. The van der Waals surface area contributed by atoms with Crippen molar-refractivity contribution in [2.75, 3.05) is 6.54 Å². The molecule has 10 heteroatoms. The molecule has 0 saturated carbocycles. The van der Waals surface area contributed by atoms with Crippen LogP contribution in [0.1, 0.15) is 38.8 Å². The molecule has 0 spiro atoms. The summed E-state index contributed by atoms with van der Waals surface area (Å²) in [6.07, 6.45) is 7.32. The first-order chi connectivity index (χ1) is 16.5. The van der Waals surface area contributed by atoms with Gasteiger partial charge >= 0.3 is 6.09 Å². The van der Waals surface area contributed by atoms with E-state index in [1.54, 1.807) is 33.2 Å². The van der Waals surface area contributed by atoms with Crippen molar-refractivity contribution in [1.29, 1.82) is 0 Å². The number of alkyl carbamates (subject to hydrolysis) is 1. The van der Waals surface area contributed by atoms with E-state index in [2.05, 4.69) is 52.8 Å². The van der Waals surface area contributed by atoms with Crippen molar-refractivity contribution in [2.45, 2.75) is 44.9 Å². The molecule has 1 aliphatic carbocycles. The van der Waals surface area contributed by atoms with Crippen molar-refractivity contribution < 1.29 is 19.1 Å². The van der Waals surface area contributed by atoms with Crippen molar-refractivity contribution in [3.63, 3.8) is 0 Å². The lowest BCUT2D eigenvalue weighted by Crippen LogP contribution is -2.42. The zero-order valence-electron chi connectivity index (χ0n) is 19.5. The number of aromatic amines is 1. The largest absolute Gasteiger partial charge is 0.444 e. The second-order valence-electron chi connectivity index (χ2n) is 9.37. The molecule has 4 N–H and O–H groups in total. The van der Waals surface area contributed by atoms with E-state index >= 15 is 0 Å². The highest BCUT2D eigenvalue weighted by molar-refractivity contribution is 9.12. The molecule has 184 valence electrons. The summed E-state index contributed by atoms with van der Waals surface area (Å²) in [5, 5.41) is 9.54. The molecule has 1 aromatic carbocycles. The number of ether oxygens (including phenoxy) is 1. The van der Waals surface area contributed by atoms with Crippen LogP contribution in [0.25, 0.3) is 10.9 Å². The molecule has 2 unspecified atom stereocenters. The lowest BCUT2D eigenvalue weighted by molar-refractivity contribution is -0.136. The number of nitrogens with one attached hydrogen (secondary N) is 4. The number of fused-ring (bicyclic) bond motifs is 2. The minimum absolute atomic E-state index is 0.0290. The molecule has 0 bridgehead atoms. The molecule has 0 fully saturated rings. The van der Waals surface area contributed by atoms with Crippen LogP contribution in [0.4, 0.5) is 4.79 Å². The SMILES string of the molecule is CC(C)(C)OC(=O)NCC(NC(=O)C(=O)C1=CNC2CC=C(Br)C=C12)c1c[nH]c2ccc(Br)cc12. The van der Waals surface area contributed by atoms with E-state index in [0.29, 0.717) is 12.0 Å². The lowest BCUT2D eigenvalue weighted by atomic mass is 9.93. The number of H-pyrrole nitrogens is 1. The van der Waals surface area contributed by atoms with E-state index in [1.807, 2.05) is 30.4 Å². The highest BCUT2D eigenvalue weighted by atomic mass is 79.9. The van der Waals surface area contributed by atoms with Crippen LogP contribution in [0, 0.1) is 0 Å². The van der Waals surface area contributed by atoms with E-state index in [0.717, 1.165) is 31.0 Å². The first-order valence-electron chi connectivity index (χ1n) is 11.1. The number of amides is 2. The predicted octanol–water partition coefficient (Wildman–Crippen LogP) is 4.65. The third-order valence-corrected chi connectivity index (χ3v) is 6.66. The van der Waals surface area contributed by atoms with Gasteiger partial charge in [0.2, 0.25) is 0 Å². The Labute approximate surface area is 219 Å². The molecule has 2 heterocycles. The fourth-order valence-corrected chi connectivity index (χ4v) is 4.83. The maximum absolute atomic E-state index is 13.1. The zero-order valence-corrected chi connectivity index (χ0v) is 22.7. The van der Waals surface area contributed by atoms with E-state index in [4.69, 9.17) is 4.74 Å². The quantitative estimate of drug-likeness (QED) is 0.358. The van der Waals surface area contributed by atoms with Gasteiger partial charge in [0, 0.05) is 49.9 Å². The van der Waals surface area contributed by atoms with Crippen LogP contribution in [0.15, 0.2) is 62.8 Å². The van der Waals surface area contributed by atoms with Crippen LogP contribution < -0.4 is 16.0 Å². The Morgan fingerprint density at radius 1 is 1.23 bits per heavy atom. The van der Waals surface area contributed by atoms with Crippen molar-refractivity contribution >= 4 is 60.5 Å². The van der Waals surface area contributed by atoms with Gasteiger partial charge in [-0.3, -0.25) is 9.59 Å². The Kier molecular flexibility index (Phi) is 7.23. The normalized spacial score (nSPS) is 18.0. The van der Waals surface area contributed by atoms with Crippen molar-refractivity contribution in [3.8, 4) is 0 Å². The number of carbonyl (C=O) groups is 3. The van der Waals surface area contributed by atoms with Gasteiger partial charge in [0.25, 0.3) is 11.7 Å². The van der Waals surface area contributed by atoms with Gasteiger partial charge in [0.05, 0.1) is 12.1 Å². The average Bonchev–Trinajstić information content (AvgIpc) is 3.38. The summed E-state index contributed by atoms with van der Waals surface area (Å²) >= 11 is 6.92. The number of halogens is 2. The monoisotopic (exact) mass is 604 g/mol. The molecule has 2 atom stereocenters. The molecule has 8 nitrogen and oxygen atoms in total. The summed E-state index contributed by atoms with van der Waals surface area (Å²) in [5.41, 5.74) is 2.04. The molecule has 2 amide bonds. The molecule has 0 radical (unpaired) electrons. The summed E-state index contributed by atoms with van der Waals surface area (Å²) in [7, 11) is 0. The Morgan fingerprint density at radius 3 is 2.74 bits per heavy atom. The summed E-state index contributed by atoms with van der Waals surface area (Å²) in [5.74, 6) is -1.40. The summed E-state index contributed by atoms with van der Waals surface area (Å²) in [6, 6.07) is 5.02. The van der Waals surface area contributed by atoms with Crippen molar-refractivity contribution in [3.05, 3.63) is 68.4 Å². The molecule has 4 rings (SSSR count). The fraction of sp³-hybridized carbons (Fsp3) is 0.320. The van der Waals surface area contributed by atoms with Gasteiger partial charge in [0.15, 0.2) is 0 Å². The Balaban J connectivity index is 1.57. The lowest BCUT2D eigenvalue weighted by Gasteiger charge is -2.23. The van der Waals surface area contributed by atoms with Crippen LogP contribution in [-0.2, 0) is 14.3 Å². The number of rotatable bonds is 6. The topological polar surface area (TPSA) is 112 Å². The number of allylic oxidation sites excluding steroid dienone is 2. The van der Waals surface area contributed by atoms with Crippen LogP contribution in [0.5, 0.6) is 0 Å². The van der Waals surface area contributed by atoms with Gasteiger partial charge in [-0.05, 0) is 57.0 Å². The molecule has 1 aliphatic heterocycles. The van der Waals surface area contributed by atoms with E-state index in [-0.39, 0.29) is 12.6 Å². The first-order valence-corrected chi connectivity index (χ1v) is 12.7. The van der Waals surface area contributed by atoms with Gasteiger partial charge in [-0.2, -0.15) is 0 Å². The number of aromatic nitrogens is 1. The minimum atomic E-state index is -0.759. The molecule has 2 aromatic rings. The third-order valence-electron chi connectivity index (χ3n) is 5.61. The van der Waals surface area contributed by atoms with Gasteiger partial charge in [-0.15, -0.1) is 0 Å². The highest BCUT2D eigenvalue weighted by Crippen LogP contribution is 2.31. The summed E-state index contributed by atoms with van der Waals surface area (Å²) in [6.45, 7) is 5.34. The molecule has 2 aliphatic rings. The molecule has 35 heavy (non-hydrogen) atoms. The molecular weight excluding hydrogens is 580 g/mol. The van der Waals surface area contributed by atoms with Crippen molar-refractivity contribution in [2.24, 2.45) is 0 Å². The van der Waals surface area contributed by atoms with Crippen molar-refractivity contribution in [1.82, 2.24) is 20.9 Å². The standard InChI is InChI=1S/C25H26Br2N4O4/c1-25(2,3)35-24(34)30-12-21(17-10-28-19-6-4-13(26)8-15(17)19)31-23(33)22(32)18-11-29-20-7-5-14(27)9-16(18)20/h4-6,8-11,20-21,28-29H,7,12H2,1-3H3,(H,30,34)(H,31,33). The van der Waals surface area contributed by atoms with E-state index in [1.165, 1.54) is 0 Å². The Bertz CT molecular complexity index is 1290. The highest BCUT2D eigenvalue weighted by Gasteiger charge is 2.33. The molecule has 1 aromatic heterocycles. The predicted molar refractivity (Wildman–Crippen MR) is 141 cm³/mol. The smallest absolute Gasteiger partial charge is 0.407 e. The minimum Gasteiger partial charge on any atom is -0.444 e. The summed E-state index contributed by atoms with van der Waals surface area (Å²) < 4.78 is 7.07. The summed E-state index contributed by atoms with van der Waals surface area (Å²) in [4.78, 5) is 41.7. The van der Waals surface area contributed by atoms with Gasteiger partial charge in [0.1, 0.15) is 5.60 Å². The zero-order chi connectivity index (χ0) is 25.3. The Hall–Kier alpha value is -2.85. The van der Waals surface area contributed by atoms with Gasteiger partial charge < -0.3 is 25.7 Å². The molecule has 0 saturated heterocycles. The number of hydrogen-bond acceptors (Lipinski definition) is 5. The number of hydrogen-bond donors (Lipinski definition) is 4. The second-order valence-corrected chi connectivity index (χ2v) is 11.2. The average molecular weight is 606 g/mol. The van der Waals surface area contributed by atoms with E-state index < -0.39 is 29.4 Å². The maximum Gasteiger partial charge on any atom is 0.407 e.